The number of likely N-dealkylation sites (N-methyl/N-ethyl adjacent to an activating group) is 1. The number of hydrogen-bond donors (Lipinski definition) is 2. The van der Waals surface area contributed by atoms with Crippen molar-refractivity contribution < 1.29 is 5.11 Å². The molecule has 0 aliphatic rings. The van der Waals surface area contributed by atoms with Gasteiger partial charge < -0.3 is 10.4 Å². The molecule has 1 atom stereocenters. The monoisotopic (exact) mass is 309 g/mol. The number of unbranched alkanes of at least 4 members (excludes halogenated alkanes) is 1. The van der Waals surface area contributed by atoms with Gasteiger partial charge in [0.05, 0.1) is 6.61 Å². The number of nitrogens with one attached hydrogen (secondary N) is 1. The molecular formula is C18H31NOS. The molecule has 0 fully saturated rings. The zero-order valence-corrected chi connectivity index (χ0v) is 14.9. The second kappa shape index (κ2) is 9.50. The van der Waals surface area contributed by atoms with Crippen molar-refractivity contribution in [3.05, 3.63) is 34.9 Å². The normalized spacial score (nSPS) is 14.1. The molecule has 0 heterocycles. The van der Waals surface area contributed by atoms with Crippen LogP contribution in [0.1, 0.15) is 49.8 Å². The van der Waals surface area contributed by atoms with Crippen molar-refractivity contribution in [3.8, 4) is 0 Å². The standard InChI is InChI=1S/C18H31NOS/c1-5-19-18(4,14-20)8-6-7-9-21-13-17-11-15(2)10-16(3)12-17/h10-12,19-20H,5-9,13-14H2,1-4H3. The van der Waals surface area contributed by atoms with Crippen molar-refractivity contribution in [2.24, 2.45) is 0 Å². The summed E-state index contributed by atoms with van der Waals surface area (Å²) in [7, 11) is 0. The fraction of sp³-hybridized carbons (Fsp3) is 0.667. The maximum absolute atomic E-state index is 9.45. The number of aryl methyl sites for hydroxylation is 2. The second-order valence-corrected chi connectivity index (χ2v) is 7.36. The summed E-state index contributed by atoms with van der Waals surface area (Å²) in [5.74, 6) is 2.30. The predicted molar refractivity (Wildman–Crippen MR) is 95.1 cm³/mol. The van der Waals surface area contributed by atoms with Gasteiger partial charge in [-0.05, 0) is 51.5 Å². The first-order chi connectivity index (χ1) is 9.99. The van der Waals surface area contributed by atoms with Crippen LogP contribution < -0.4 is 5.32 Å². The lowest BCUT2D eigenvalue weighted by atomic mass is 9.96. The van der Waals surface area contributed by atoms with E-state index < -0.39 is 0 Å². The molecule has 0 aromatic heterocycles. The Morgan fingerprint density at radius 2 is 1.81 bits per heavy atom. The Kier molecular flexibility index (Phi) is 8.38. The van der Waals surface area contributed by atoms with Crippen molar-refractivity contribution >= 4 is 11.8 Å². The third-order valence-electron chi connectivity index (χ3n) is 3.77. The lowest BCUT2D eigenvalue weighted by Crippen LogP contribution is -2.45. The number of thioether (sulfide) groups is 1. The van der Waals surface area contributed by atoms with Crippen molar-refractivity contribution in [1.82, 2.24) is 5.32 Å². The van der Waals surface area contributed by atoms with Gasteiger partial charge in [0.15, 0.2) is 0 Å². The SMILES string of the molecule is CCNC(C)(CO)CCCCSCc1cc(C)cc(C)c1. The first-order valence-corrected chi connectivity index (χ1v) is 9.15. The van der Waals surface area contributed by atoms with Gasteiger partial charge in [-0.2, -0.15) is 11.8 Å². The smallest absolute Gasteiger partial charge is 0.0610 e. The molecule has 1 rings (SSSR count). The molecule has 21 heavy (non-hydrogen) atoms. The Labute approximate surface area is 134 Å². The Balaban J connectivity index is 2.20. The van der Waals surface area contributed by atoms with Crippen LogP contribution in [0.5, 0.6) is 0 Å². The third-order valence-corrected chi connectivity index (χ3v) is 4.88. The molecule has 1 aromatic rings. The van der Waals surface area contributed by atoms with Crippen LogP contribution in [-0.4, -0.2) is 29.5 Å². The van der Waals surface area contributed by atoms with Crippen molar-refractivity contribution in [2.45, 2.75) is 58.2 Å². The summed E-state index contributed by atoms with van der Waals surface area (Å²) in [6, 6.07) is 6.80. The molecule has 0 aliphatic carbocycles. The van der Waals surface area contributed by atoms with E-state index >= 15 is 0 Å². The summed E-state index contributed by atoms with van der Waals surface area (Å²) >= 11 is 2.01. The predicted octanol–water partition coefficient (Wildman–Crippen LogP) is 4.07. The molecule has 0 bridgehead atoms. The molecule has 2 nitrogen and oxygen atoms in total. The summed E-state index contributed by atoms with van der Waals surface area (Å²) in [6.07, 6.45) is 3.43. The molecule has 0 saturated heterocycles. The maximum atomic E-state index is 9.45. The Morgan fingerprint density at radius 1 is 1.14 bits per heavy atom. The molecule has 0 spiro atoms. The fourth-order valence-electron chi connectivity index (χ4n) is 2.71. The van der Waals surface area contributed by atoms with Gasteiger partial charge in [-0.3, -0.25) is 0 Å². The van der Waals surface area contributed by atoms with E-state index in [1.54, 1.807) is 0 Å². The molecule has 2 N–H and O–H groups in total. The molecule has 0 aliphatic heterocycles. The van der Waals surface area contributed by atoms with E-state index in [1.165, 1.54) is 35.3 Å². The number of aliphatic hydroxyl groups excluding tert-OH is 1. The number of hydrogen-bond acceptors (Lipinski definition) is 3. The number of aliphatic hydroxyl groups is 1. The molecule has 0 amide bonds. The zero-order valence-electron chi connectivity index (χ0n) is 14.0. The molecule has 3 heteroatoms. The van der Waals surface area contributed by atoms with Crippen LogP contribution in [0.3, 0.4) is 0 Å². The van der Waals surface area contributed by atoms with Gasteiger partial charge in [-0.25, -0.2) is 0 Å². The molecule has 1 aromatic carbocycles. The Hall–Kier alpha value is -0.510. The van der Waals surface area contributed by atoms with E-state index in [9.17, 15) is 5.11 Å². The van der Waals surface area contributed by atoms with Crippen LogP contribution in [0.25, 0.3) is 0 Å². The fourth-order valence-corrected chi connectivity index (χ4v) is 3.67. The maximum Gasteiger partial charge on any atom is 0.0610 e. The van der Waals surface area contributed by atoms with E-state index in [0.717, 1.165) is 18.7 Å². The number of benzene rings is 1. The van der Waals surface area contributed by atoms with E-state index in [1.807, 2.05) is 11.8 Å². The Bertz CT molecular complexity index is 401. The molecule has 1 unspecified atom stereocenters. The molecule has 0 saturated carbocycles. The van der Waals surface area contributed by atoms with Gasteiger partial charge in [0.1, 0.15) is 0 Å². The van der Waals surface area contributed by atoms with Crippen LogP contribution in [0.4, 0.5) is 0 Å². The van der Waals surface area contributed by atoms with E-state index in [-0.39, 0.29) is 12.1 Å². The summed E-state index contributed by atoms with van der Waals surface area (Å²) in [6.45, 7) is 9.66. The van der Waals surface area contributed by atoms with E-state index in [4.69, 9.17) is 0 Å². The minimum atomic E-state index is -0.104. The van der Waals surface area contributed by atoms with Gasteiger partial charge in [-0.1, -0.05) is 42.7 Å². The average Bonchev–Trinajstić information content (AvgIpc) is 2.42. The highest BCUT2D eigenvalue weighted by molar-refractivity contribution is 7.98. The average molecular weight is 310 g/mol. The van der Waals surface area contributed by atoms with Gasteiger partial charge >= 0.3 is 0 Å². The van der Waals surface area contributed by atoms with Gasteiger partial charge in [-0.15, -0.1) is 0 Å². The van der Waals surface area contributed by atoms with Crippen molar-refractivity contribution in [2.75, 3.05) is 18.9 Å². The van der Waals surface area contributed by atoms with Crippen molar-refractivity contribution in [3.63, 3.8) is 0 Å². The minimum absolute atomic E-state index is 0.104. The highest BCUT2D eigenvalue weighted by Gasteiger charge is 2.20. The third kappa shape index (κ3) is 7.35. The Morgan fingerprint density at radius 3 is 2.38 bits per heavy atom. The van der Waals surface area contributed by atoms with E-state index in [2.05, 4.69) is 51.2 Å². The highest BCUT2D eigenvalue weighted by atomic mass is 32.2. The molecule has 0 radical (unpaired) electrons. The topological polar surface area (TPSA) is 32.3 Å². The van der Waals surface area contributed by atoms with Crippen LogP contribution in [0.2, 0.25) is 0 Å². The van der Waals surface area contributed by atoms with Crippen LogP contribution >= 0.6 is 11.8 Å². The first-order valence-electron chi connectivity index (χ1n) is 8.00. The zero-order chi connectivity index (χ0) is 15.7. The summed E-state index contributed by atoms with van der Waals surface area (Å²) in [5, 5.41) is 12.8. The van der Waals surface area contributed by atoms with E-state index in [0.29, 0.717) is 0 Å². The van der Waals surface area contributed by atoms with Crippen LogP contribution in [0.15, 0.2) is 18.2 Å². The quantitative estimate of drug-likeness (QED) is 0.639. The lowest BCUT2D eigenvalue weighted by molar-refractivity contribution is 0.165. The van der Waals surface area contributed by atoms with Crippen LogP contribution in [-0.2, 0) is 5.75 Å². The van der Waals surface area contributed by atoms with Gasteiger partial charge in [0.25, 0.3) is 0 Å². The lowest BCUT2D eigenvalue weighted by Gasteiger charge is -2.28. The first kappa shape index (κ1) is 18.5. The summed E-state index contributed by atoms with van der Waals surface area (Å²) in [4.78, 5) is 0. The van der Waals surface area contributed by atoms with Crippen molar-refractivity contribution in [1.29, 1.82) is 0 Å². The largest absolute Gasteiger partial charge is 0.394 e. The second-order valence-electron chi connectivity index (χ2n) is 6.25. The summed E-state index contributed by atoms with van der Waals surface area (Å²) in [5.41, 5.74) is 4.04. The minimum Gasteiger partial charge on any atom is -0.394 e. The van der Waals surface area contributed by atoms with Crippen LogP contribution in [0, 0.1) is 13.8 Å². The van der Waals surface area contributed by atoms with Gasteiger partial charge in [0, 0.05) is 11.3 Å². The highest BCUT2D eigenvalue weighted by Crippen LogP contribution is 2.19. The summed E-state index contributed by atoms with van der Waals surface area (Å²) < 4.78 is 0. The van der Waals surface area contributed by atoms with Gasteiger partial charge in [0.2, 0.25) is 0 Å². The number of rotatable bonds is 10. The molecule has 120 valence electrons. The molecular weight excluding hydrogens is 278 g/mol.